The lowest BCUT2D eigenvalue weighted by Crippen LogP contribution is -2.23. The van der Waals surface area contributed by atoms with Gasteiger partial charge in [-0.2, -0.15) is 0 Å². The molecule has 0 atom stereocenters. The number of hydrogen-bond acceptors (Lipinski definition) is 4. The van der Waals surface area contributed by atoms with E-state index in [-0.39, 0.29) is 0 Å². The van der Waals surface area contributed by atoms with Crippen molar-refractivity contribution in [2.45, 2.75) is 13.3 Å². The normalized spacial score (nSPS) is 9.31. The van der Waals surface area contributed by atoms with Gasteiger partial charge >= 0.3 is 0 Å². The van der Waals surface area contributed by atoms with Crippen molar-refractivity contribution in [3.63, 3.8) is 0 Å². The van der Waals surface area contributed by atoms with Gasteiger partial charge in [-0.25, -0.2) is 0 Å². The topological polar surface area (TPSA) is 80.3 Å². The van der Waals surface area contributed by atoms with Crippen LogP contribution >= 0.6 is 0 Å². The zero-order chi connectivity index (χ0) is 12.4. The second-order valence-corrected chi connectivity index (χ2v) is 2.81. The van der Waals surface area contributed by atoms with Gasteiger partial charge in [0, 0.05) is 0 Å². The van der Waals surface area contributed by atoms with Crippen LogP contribution in [0.25, 0.3) is 0 Å². The maximum atomic E-state index is 9.41. The second kappa shape index (κ2) is 8.23. The van der Waals surface area contributed by atoms with E-state index in [0.29, 0.717) is 12.2 Å². The minimum absolute atomic E-state index is 0.384. The summed E-state index contributed by atoms with van der Waals surface area (Å²) in [5.41, 5.74) is 1.41. The Bertz CT molecular complexity index is 339. The van der Waals surface area contributed by atoms with Crippen LogP contribution in [-0.4, -0.2) is 11.9 Å². The lowest BCUT2D eigenvalue weighted by atomic mass is 10.2. The van der Waals surface area contributed by atoms with Crippen LogP contribution in [0.2, 0.25) is 0 Å². The first-order valence-corrected chi connectivity index (χ1v) is 4.70. The maximum absolute atomic E-state index is 9.41. The fourth-order valence-electron chi connectivity index (χ4n) is 0.850. The summed E-state index contributed by atoms with van der Waals surface area (Å²) in [5.74, 6) is -3.09. The minimum atomic E-state index is -1.55. The average Bonchev–Trinajstić information content (AvgIpc) is 2.28. The molecular formula is C12H12O4-2. The summed E-state index contributed by atoms with van der Waals surface area (Å²) in [5, 5.41) is 18.8. The van der Waals surface area contributed by atoms with Crippen molar-refractivity contribution >= 4 is 11.9 Å². The first-order valence-electron chi connectivity index (χ1n) is 4.70. The third-order valence-electron chi connectivity index (χ3n) is 1.61. The number of carbonyl (C=O) groups is 2. The number of benzene rings is 1. The molecule has 0 fully saturated rings. The number of carboxylic acid groups (broad SMARTS) is 2. The van der Waals surface area contributed by atoms with E-state index in [9.17, 15) is 19.8 Å². The van der Waals surface area contributed by atoms with Crippen molar-refractivity contribution < 1.29 is 19.8 Å². The van der Waals surface area contributed by atoms with Gasteiger partial charge in [0.1, 0.15) is 0 Å². The van der Waals surface area contributed by atoms with Gasteiger partial charge in [-0.05, 0) is 24.1 Å². The quantitative estimate of drug-likeness (QED) is 0.630. The lowest BCUT2D eigenvalue weighted by Gasteiger charge is -1.90. The van der Waals surface area contributed by atoms with E-state index >= 15 is 0 Å². The molecule has 1 aromatic rings. The Morgan fingerprint density at radius 3 is 1.75 bits per heavy atom. The number of hydrogen-bond donors (Lipinski definition) is 0. The highest BCUT2D eigenvalue weighted by atomic mass is 16.4. The smallest absolute Gasteiger partial charge is 0.0643 e. The largest absolute Gasteiger partial charge is 0.545 e. The zero-order valence-electron chi connectivity index (χ0n) is 8.88. The standard InChI is InChI=1S/C8H10.C4H4O4/c1-2-8-6-4-3-5-7-8;5-3(6)1-2-4(7)8/h3-7H,2H2,1H3;1-2H,(H,5,6)(H,7,8)/p-2/b;2-1+. The van der Waals surface area contributed by atoms with Crippen molar-refractivity contribution in [3.8, 4) is 0 Å². The van der Waals surface area contributed by atoms with Crippen LogP contribution < -0.4 is 10.2 Å². The number of aryl methyl sites for hydroxylation is 1. The molecule has 86 valence electrons. The second-order valence-electron chi connectivity index (χ2n) is 2.81. The summed E-state index contributed by atoms with van der Waals surface area (Å²) < 4.78 is 0. The zero-order valence-corrected chi connectivity index (χ0v) is 8.88. The van der Waals surface area contributed by atoms with Gasteiger partial charge in [0.15, 0.2) is 0 Å². The Hall–Kier alpha value is -2.10. The maximum Gasteiger partial charge on any atom is 0.0643 e. The average molecular weight is 220 g/mol. The molecule has 4 heteroatoms. The molecule has 0 aromatic heterocycles. The van der Waals surface area contributed by atoms with Gasteiger partial charge in [-0.15, -0.1) is 0 Å². The molecule has 0 radical (unpaired) electrons. The third kappa shape index (κ3) is 8.50. The molecule has 0 aliphatic rings. The van der Waals surface area contributed by atoms with E-state index in [4.69, 9.17) is 0 Å². The number of aliphatic carboxylic acids is 2. The molecule has 0 spiro atoms. The molecule has 0 saturated carbocycles. The molecular weight excluding hydrogens is 208 g/mol. The van der Waals surface area contributed by atoms with Gasteiger partial charge in [0.05, 0.1) is 11.9 Å². The predicted molar refractivity (Wildman–Crippen MR) is 55.0 cm³/mol. The first kappa shape index (κ1) is 13.9. The highest BCUT2D eigenvalue weighted by Gasteiger charge is 1.79. The van der Waals surface area contributed by atoms with Crippen LogP contribution in [-0.2, 0) is 16.0 Å². The van der Waals surface area contributed by atoms with Crippen LogP contribution in [0.1, 0.15) is 12.5 Å². The Morgan fingerprint density at radius 2 is 1.50 bits per heavy atom. The van der Waals surface area contributed by atoms with Crippen LogP contribution in [0.15, 0.2) is 42.5 Å². The highest BCUT2D eigenvalue weighted by Crippen LogP contribution is 1.96. The van der Waals surface area contributed by atoms with Gasteiger partial charge in [0.2, 0.25) is 0 Å². The third-order valence-corrected chi connectivity index (χ3v) is 1.61. The van der Waals surface area contributed by atoms with E-state index in [0.717, 1.165) is 6.42 Å². The summed E-state index contributed by atoms with van der Waals surface area (Å²) in [6.07, 6.45) is 1.91. The van der Waals surface area contributed by atoms with E-state index < -0.39 is 11.9 Å². The minimum Gasteiger partial charge on any atom is -0.545 e. The van der Waals surface area contributed by atoms with Crippen molar-refractivity contribution in [1.29, 1.82) is 0 Å². The fourth-order valence-corrected chi connectivity index (χ4v) is 0.850. The molecule has 0 heterocycles. The van der Waals surface area contributed by atoms with Crippen molar-refractivity contribution in [3.05, 3.63) is 48.0 Å². The van der Waals surface area contributed by atoms with E-state index in [2.05, 4.69) is 31.2 Å². The van der Waals surface area contributed by atoms with Gasteiger partial charge in [-0.3, -0.25) is 0 Å². The molecule has 4 nitrogen and oxygen atoms in total. The molecule has 1 aromatic carbocycles. The Kier molecular flexibility index (Phi) is 7.15. The predicted octanol–water partition coefficient (Wildman–Crippen LogP) is -0.709. The molecule has 0 saturated heterocycles. The molecule has 1 rings (SSSR count). The van der Waals surface area contributed by atoms with Crippen molar-refractivity contribution in [1.82, 2.24) is 0 Å². The molecule has 0 amide bonds. The summed E-state index contributed by atoms with van der Waals surface area (Å²) >= 11 is 0. The summed E-state index contributed by atoms with van der Waals surface area (Å²) in [7, 11) is 0. The van der Waals surface area contributed by atoms with Crippen LogP contribution in [0.5, 0.6) is 0 Å². The number of rotatable bonds is 3. The monoisotopic (exact) mass is 220 g/mol. The lowest BCUT2D eigenvalue weighted by molar-refractivity contribution is -0.301. The van der Waals surface area contributed by atoms with E-state index in [1.54, 1.807) is 0 Å². The molecule has 0 N–H and O–H groups in total. The molecule has 0 unspecified atom stereocenters. The fraction of sp³-hybridized carbons (Fsp3) is 0.167. The Balaban J connectivity index is 0.000000281. The Labute approximate surface area is 93.8 Å². The highest BCUT2D eigenvalue weighted by molar-refractivity contribution is 5.87. The number of carbonyl (C=O) groups excluding carboxylic acids is 2. The molecule has 16 heavy (non-hydrogen) atoms. The summed E-state index contributed by atoms with van der Waals surface area (Å²) in [4.78, 5) is 18.8. The summed E-state index contributed by atoms with van der Waals surface area (Å²) in [6, 6.07) is 10.5. The van der Waals surface area contributed by atoms with Gasteiger partial charge < -0.3 is 19.8 Å². The first-order chi connectivity index (χ1) is 7.56. The van der Waals surface area contributed by atoms with Crippen molar-refractivity contribution in [2.75, 3.05) is 0 Å². The van der Waals surface area contributed by atoms with Crippen molar-refractivity contribution in [2.24, 2.45) is 0 Å². The molecule has 0 aliphatic carbocycles. The SMILES string of the molecule is CCc1ccccc1.O=C([O-])/C=C/C(=O)[O-]. The van der Waals surface area contributed by atoms with Crippen LogP contribution in [0, 0.1) is 0 Å². The van der Waals surface area contributed by atoms with Gasteiger partial charge in [0.25, 0.3) is 0 Å². The number of carboxylic acids is 2. The van der Waals surface area contributed by atoms with Crippen LogP contribution in [0.3, 0.4) is 0 Å². The van der Waals surface area contributed by atoms with Gasteiger partial charge in [-0.1, -0.05) is 37.3 Å². The van der Waals surface area contributed by atoms with E-state index in [1.165, 1.54) is 5.56 Å². The van der Waals surface area contributed by atoms with E-state index in [1.807, 2.05) is 6.07 Å². The summed E-state index contributed by atoms with van der Waals surface area (Å²) in [6.45, 7) is 2.16. The van der Waals surface area contributed by atoms with Crippen LogP contribution in [0.4, 0.5) is 0 Å². The molecule has 0 bridgehead atoms. The molecule has 0 aliphatic heterocycles. The Morgan fingerprint density at radius 1 is 1.06 bits per heavy atom.